The van der Waals surface area contributed by atoms with Crippen LogP contribution >= 0.6 is 0 Å². The highest BCUT2D eigenvalue weighted by Crippen LogP contribution is 2.30. The Bertz CT molecular complexity index is 684. The molecule has 0 aliphatic rings. The molecule has 1 aromatic heterocycles. The van der Waals surface area contributed by atoms with E-state index in [4.69, 9.17) is 5.11 Å². The van der Waals surface area contributed by atoms with Gasteiger partial charge in [-0.15, -0.1) is 10.2 Å². The van der Waals surface area contributed by atoms with Crippen molar-refractivity contribution in [2.75, 3.05) is 0 Å². The first kappa shape index (κ1) is 12.5. The Morgan fingerprint density at radius 3 is 2.47 bits per heavy atom. The Kier molecular flexibility index (Phi) is 2.91. The number of hydrogen-bond donors (Lipinski definition) is 1. The highest BCUT2D eigenvalue weighted by atomic mass is 19.2. The Hall–Kier alpha value is -2.91. The lowest BCUT2D eigenvalue weighted by Crippen LogP contribution is -1.96. The monoisotopic (exact) mass is 271 g/mol. The van der Waals surface area contributed by atoms with Crippen LogP contribution in [-0.4, -0.2) is 26.2 Å². The van der Waals surface area contributed by atoms with Gasteiger partial charge in [0.05, 0.1) is 11.0 Å². The van der Waals surface area contributed by atoms with Gasteiger partial charge in [-0.05, 0) is 6.07 Å². The molecule has 0 amide bonds. The summed E-state index contributed by atoms with van der Waals surface area (Å²) in [5, 5.41) is 25.6. The zero-order valence-corrected chi connectivity index (χ0v) is 8.83. The number of nitrogens with zero attached hydrogens (tertiary/aromatic N) is 3. The standard InChI is InChI=1S/C9H3F2N3O5/c10-4-1-3(6(14(17)18)2-5(4)11)7-12-13-8(19-7)9(15)16/h1-2H,(H,15,16). The van der Waals surface area contributed by atoms with Gasteiger partial charge in [0.1, 0.15) is 5.56 Å². The maximum Gasteiger partial charge on any atom is 0.393 e. The molecule has 1 N–H and O–H groups in total. The number of benzene rings is 1. The van der Waals surface area contributed by atoms with Gasteiger partial charge in [-0.3, -0.25) is 10.1 Å². The second kappa shape index (κ2) is 4.40. The first-order valence-corrected chi connectivity index (χ1v) is 4.60. The summed E-state index contributed by atoms with van der Waals surface area (Å²) in [6.07, 6.45) is 0. The van der Waals surface area contributed by atoms with Gasteiger partial charge in [0.15, 0.2) is 11.6 Å². The van der Waals surface area contributed by atoms with E-state index < -0.39 is 45.6 Å². The average molecular weight is 271 g/mol. The first-order valence-electron chi connectivity index (χ1n) is 4.60. The van der Waals surface area contributed by atoms with Gasteiger partial charge in [-0.2, -0.15) is 0 Å². The van der Waals surface area contributed by atoms with E-state index in [2.05, 4.69) is 14.6 Å². The van der Waals surface area contributed by atoms with Crippen LogP contribution in [0.2, 0.25) is 0 Å². The summed E-state index contributed by atoms with van der Waals surface area (Å²) in [6, 6.07) is 0.821. The molecule has 0 atom stereocenters. The van der Waals surface area contributed by atoms with Crippen LogP contribution in [0.4, 0.5) is 14.5 Å². The van der Waals surface area contributed by atoms with Crippen molar-refractivity contribution in [1.29, 1.82) is 0 Å². The van der Waals surface area contributed by atoms with Gasteiger partial charge >= 0.3 is 11.9 Å². The van der Waals surface area contributed by atoms with Crippen molar-refractivity contribution >= 4 is 11.7 Å². The van der Waals surface area contributed by atoms with Crippen molar-refractivity contribution in [3.05, 3.63) is 39.8 Å². The number of aromatic nitrogens is 2. The third-order valence-electron chi connectivity index (χ3n) is 2.07. The van der Waals surface area contributed by atoms with Crippen LogP contribution in [0.1, 0.15) is 10.7 Å². The number of carbonyl (C=O) groups is 1. The summed E-state index contributed by atoms with van der Waals surface area (Å²) < 4.78 is 30.6. The van der Waals surface area contributed by atoms with Gasteiger partial charge in [0.25, 0.3) is 11.6 Å². The lowest BCUT2D eigenvalue weighted by Gasteiger charge is -1.99. The second-order valence-electron chi connectivity index (χ2n) is 3.26. The SMILES string of the molecule is O=C(O)c1nnc(-c2cc(F)c(F)cc2[N+](=O)[O-])o1. The fraction of sp³-hybridized carbons (Fsp3) is 0. The molecule has 0 spiro atoms. The number of carboxylic acids is 1. The van der Waals surface area contributed by atoms with E-state index in [0.717, 1.165) is 0 Å². The van der Waals surface area contributed by atoms with Gasteiger partial charge in [0, 0.05) is 0 Å². The zero-order chi connectivity index (χ0) is 14.2. The van der Waals surface area contributed by atoms with Crippen LogP contribution in [0.3, 0.4) is 0 Å². The second-order valence-corrected chi connectivity index (χ2v) is 3.26. The van der Waals surface area contributed by atoms with Crippen LogP contribution < -0.4 is 0 Å². The molecular formula is C9H3F2N3O5. The molecular weight excluding hydrogens is 268 g/mol. The normalized spacial score (nSPS) is 10.4. The van der Waals surface area contributed by atoms with E-state index in [0.29, 0.717) is 12.1 Å². The van der Waals surface area contributed by atoms with Crippen LogP contribution in [0.25, 0.3) is 11.5 Å². The molecule has 10 heteroatoms. The van der Waals surface area contributed by atoms with E-state index in [1.807, 2.05) is 0 Å². The average Bonchev–Trinajstić information content (AvgIpc) is 2.81. The summed E-state index contributed by atoms with van der Waals surface area (Å²) in [5.74, 6) is -5.76. The maximum atomic E-state index is 13.1. The first-order chi connectivity index (χ1) is 8.90. The topological polar surface area (TPSA) is 119 Å². The van der Waals surface area contributed by atoms with E-state index in [-0.39, 0.29) is 0 Å². The molecule has 0 saturated heterocycles. The summed E-state index contributed by atoms with van der Waals surface area (Å²) in [4.78, 5) is 20.2. The highest BCUT2D eigenvalue weighted by molar-refractivity contribution is 5.82. The molecule has 1 heterocycles. The Morgan fingerprint density at radius 1 is 1.32 bits per heavy atom. The number of hydrogen-bond acceptors (Lipinski definition) is 6. The highest BCUT2D eigenvalue weighted by Gasteiger charge is 2.25. The zero-order valence-electron chi connectivity index (χ0n) is 8.83. The molecule has 0 saturated carbocycles. The fourth-order valence-corrected chi connectivity index (χ4v) is 1.28. The molecule has 98 valence electrons. The lowest BCUT2D eigenvalue weighted by atomic mass is 10.1. The minimum absolute atomic E-state index is 0.343. The largest absolute Gasteiger partial charge is 0.474 e. The number of nitro benzene ring substituents is 1. The molecule has 0 radical (unpaired) electrons. The molecule has 1 aromatic carbocycles. The van der Waals surface area contributed by atoms with Gasteiger partial charge in [-0.25, -0.2) is 13.6 Å². The number of nitro groups is 1. The van der Waals surface area contributed by atoms with Crippen LogP contribution in [0, 0.1) is 21.7 Å². The van der Waals surface area contributed by atoms with Crippen molar-refractivity contribution < 1.29 is 28.0 Å². The predicted octanol–water partition coefficient (Wildman–Crippen LogP) is 1.62. The summed E-state index contributed by atoms with van der Waals surface area (Å²) in [5.41, 5.74) is -1.33. The minimum Gasteiger partial charge on any atom is -0.474 e. The van der Waals surface area contributed by atoms with Crippen molar-refractivity contribution in [2.24, 2.45) is 0 Å². The molecule has 0 unspecified atom stereocenters. The molecule has 0 aliphatic heterocycles. The minimum atomic E-state index is -1.55. The van der Waals surface area contributed by atoms with Crippen molar-refractivity contribution in [3.8, 4) is 11.5 Å². The fourth-order valence-electron chi connectivity index (χ4n) is 1.28. The molecule has 2 rings (SSSR count). The molecule has 0 fully saturated rings. The summed E-state index contributed by atoms with van der Waals surface area (Å²) in [6.45, 7) is 0. The summed E-state index contributed by atoms with van der Waals surface area (Å²) >= 11 is 0. The quantitative estimate of drug-likeness (QED) is 0.665. The predicted molar refractivity (Wildman–Crippen MR) is 53.3 cm³/mol. The Labute approximate surface area is 102 Å². The molecule has 0 aliphatic carbocycles. The number of rotatable bonds is 3. The van der Waals surface area contributed by atoms with E-state index in [1.54, 1.807) is 0 Å². The van der Waals surface area contributed by atoms with E-state index in [1.165, 1.54) is 0 Å². The van der Waals surface area contributed by atoms with Gasteiger partial charge in [-0.1, -0.05) is 0 Å². The number of carboxylic acid groups (broad SMARTS) is 1. The Morgan fingerprint density at radius 2 is 1.95 bits per heavy atom. The van der Waals surface area contributed by atoms with Gasteiger partial charge in [0.2, 0.25) is 0 Å². The molecule has 0 bridgehead atoms. The number of aromatic carboxylic acids is 1. The van der Waals surface area contributed by atoms with Crippen LogP contribution in [0.5, 0.6) is 0 Å². The molecule has 8 nitrogen and oxygen atoms in total. The van der Waals surface area contributed by atoms with Crippen LogP contribution in [-0.2, 0) is 0 Å². The van der Waals surface area contributed by atoms with Crippen molar-refractivity contribution in [2.45, 2.75) is 0 Å². The summed E-state index contributed by atoms with van der Waals surface area (Å²) in [7, 11) is 0. The third-order valence-corrected chi connectivity index (χ3v) is 2.07. The maximum absolute atomic E-state index is 13.1. The van der Waals surface area contributed by atoms with E-state index >= 15 is 0 Å². The van der Waals surface area contributed by atoms with Gasteiger partial charge < -0.3 is 9.52 Å². The smallest absolute Gasteiger partial charge is 0.393 e. The Balaban J connectivity index is 2.62. The lowest BCUT2D eigenvalue weighted by molar-refractivity contribution is -0.384. The van der Waals surface area contributed by atoms with E-state index in [9.17, 15) is 23.7 Å². The number of halogens is 2. The molecule has 19 heavy (non-hydrogen) atoms. The van der Waals surface area contributed by atoms with Crippen molar-refractivity contribution in [3.63, 3.8) is 0 Å². The third kappa shape index (κ3) is 2.22. The van der Waals surface area contributed by atoms with Crippen LogP contribution in [0.15, 0.2) is 16.5 Å². The molecule has 2 aromatic rings. The van der Waals surface area contributed by atoms with Crippen molar-refractivity contribution in [1.82, 2.24) is 10.2 Å².